The molecule has 0 amide bonds. The Morgan fingerprint density at radius 2 is 2.06 bits per heavy atom. The molecule has 1 aromatic carbocycles. The molecular formula is C13H21BrN2. The zero-order valence-corrected chi connectivity index (χ0v) is 11.8. The van der Waals surface area contributed by atoms with E-state index >= 15 is 0 Å². The van der Waals surface area contributed by atoms with Crippen LogP contribution < -0.4 is 10.6 Å². The van der Waals surface area contributed by atoms with Gasteiger partial charge in [-0.15, -0.1) is 0 Å². The van der Waals surface area contributed by atoms with Gasteiger partial charge in [0.1, 0.15) is 0 Å². The maximum absolute atomic E-state index is 5.78. The first-order chi connectivity index (χ1) is 7.72. The fourth-order valence-corrected chi connectivity index (χ4v) is 2.15. The summed E-state index contributed by atoms with van der Waals surface area (Å²) in [6.45, 7) is 7.15. The minimum atomic E-state index is 0.602. The SMILES string of the molecule is CCCCN(CC)c1cc(Br)ccc1CN. The smallest absolute Gasteiger partial charge is 0.0422 e. The summed E-state index contributed by atoms with van der Waals surface area (Å²) in [7, 11) is 0. The van der Waals surface area contributed by atoms with Gasteiger partial charge in [-0.1, -0.05) is 35.3 Å². The first-order valence-electron chi connectivity index (χ1n) is 5.96. The van der Waals surface area contributed by atoms with Crippen LogP contribution in [0, 0.1) is 0 Å². The van der Waals surface area contributed by atoms with E-state index in [0.717, 1.165) is 17.6 Å². The van der Waals surface area contributed by atoms with Crippen LogP contribution in [0.4, 0.5) is 5.69 Å². The summed E-state index contributed by atoms with van der Waals surface area (Å²) in [4.78, 5) is 2.40. The number of anilines is 1. The molecule has 0 spiro atoms. The Balaban J connectivity index is 2.92. The molecule has 16 heavy (non-hydrogen) atoms. The highest BCUT2D eigenvalue weighted by Crippen LogP contribution is 2.25. The maximum Gasteiger partial charge on any atom is 0.0422 e. The molecule has 90 valence electrons. The van der Waals surface area contributed by atoms with Crippen LogP contribution in [0.1, 0.15) is 32.3 Å². The van der Waals surface area contributed by atoms with Crippen molar-refractivity contribution in [2.45, 2.75) is 33.2 Å². The molecule has 0 bridgehead atoms. The Kier molecular flexibility index (Phi) is 5.85. The second-order valence-corrected chi connectivity index (χ2v) is 4.83. The zero-order chi connectivity index (χ0) is 12.0. The minimum absolute atomic E-state index is 0.602. The number of nitrogens with zero attached hydrogens (tertiary/aromatic N) is 1. The van der Waals surface area contributed by atoms with Crippen LogP contribution in [0.15, 0.2) is 22.7 Å². The first kappa shape index (κ1) is 13.5. The molecule has 0 unspecified atom stereocenters. The monoisotopic (exact) mass is 284 g/mol. The number of benzene rings is 1. The third kappa shape index (κ3) is 3.49. The first-order valence-corrected chi connectivity index (χ1v) is 6.75. The second kappa shape index (κ2) is 6.92. The number of halogens is 1. The van der Waals surface area contributed by atoms with E-state index in [-0.39, 0.29) is 0 Å². The molecule has 0 radical (unpaired) electrons. The summed E-state index contributed by atoms with van der Waals surface area (Å²) in [5.74, 6) is 0. The van der Waals surface area contributed by atoms with E-state index in [4.69, 9.17) is 5.73 Å². The summed E-state index contributed by atoms with van der Waals surface area (Å²) in [5, 5.41) is 0. The standard InChI is InChI=1S/C13H21BrN2/c1-3-5-8-16(4-2)13-9-12(14)7-6-11(13)10-15/h6-7,9H,3-5,8,10,15H2,1-2H3. The van der Waals surface area contributed by atoms with Crippen LogP contribution in [0.5, 0.6) is 0 Å². The highest BCUT2D eigenvalue weighted by molar-refractivity contribution is 9.10. The lowest BCUT2D eigenvalue weighted by Crippen LogP contribution is -2.25. The molecule has 2 N–H and O–H groups in total. The molecule has 0 fully saturated rings. The Hall–Kier alpha value is -0.540. The largest absolute Gasteiger partial charge is 0.372 e. The molecule has 1 aromatic rings. The van der Waals surface area contributed by atoms with Gasteiger partial charge in [0.25, 0.3) is 0 Å². The van der Waals surface area contributed by atoms with Crippen molar-refractivity contribution in [1.29, 1.82) is 0 Å². The Morgan fingerprint density at radius 1 is 1.31 bits per heavy atom. The van der Waals surface area contributed by atoms with Gasteiger partial charge in [-0.2, -0.15) is 0 Å². The molecule has 0 aliphatic carbocycles. The molecule has 0 aromatic heterocycles. The van der Waals surface area contributed by atoms with E-state index in [9.17, 15) is 0 Å². The van der Waals surface area contributed by atoms with E-state index in [1.165, 1.54) is 24.1 Å². The van der Waals surface area contributed by atoms with Crippen LogP contribution in [-0.2, 0) is 6.54 Å². The summed E-state index contributed by atoms with van der Waals surface area (Å²) in [5.41, 5.74) is 8.27. The van der Waals surface area contributed by atoms with E-state index < -0.39 is 0 Å². The van der Waals surface area contributed by atoms with Crippen molar-refractivity contribution in [2.24, 2.45) is 5.73 Å². The predicted molar refractivity (Wildman–Crippen MR) is 74.8 cm³/mol. The number of nitrogens with two attached hydrogens (primary N) is 1. The average Bonchev–Trinajstić information content (AvgIpc) is 2.30. The van der Waals surface area contributed by atoms with Gasteiger partial charge < -0.3 is 10.6 Å². The van der Waals surface area contributed by atoms with Crippen molar-refractivity contribution in [1.82, 2.24) is 0 Å². The van der Waals surface area contributed by atoms with Gasteiger partial charge in [0.15, 0.2) is 0 Å². The molecule has 2 nitrogen and oxygen atoms in total. The van der Waals surface area contributed by atoms with Gasteiger partial charge in [0, 0.05) is 29.8 Å². The normalized spacial score (nSPS) is 10.5. The van der Waals surface area contributed by atoms with Crippen LogP contribution in [0.3, 0.4) is 0 Å². The van der Waals surface area contributed by atoms with E-state index in [0.29, 0.717) is 6.54 Å². The van der Waals surface area contributed by atoms with Gasteiger partial charge in [-0.05, 0) is 31.0 Å². The highest BCUT2D eigenvalue weighted by Gasteiger charge is 2.08. The third-order valence-corrected chi connectivity index (χ3v) is 3.26. The van der Waals surface area contributed by atoms with Gasteiger partial charge in [-0.3, -0.25) is 0 Å². The topological polar surface area (TPSA) is 29.3 Å². The van der Waals surface area contributed by atoms with Crippen molar-refractivity contribution < 1.29 is 0 Å². The fraction of sp³-hybridized carbons (Fsp3) is 0.538. The Bertz CT molecular complexity index is 326. The Labute approximate surface area is 107 Å². The summed E-state index contributed by atoms with van der Waals surface area (Å²) >= 11 is 3.52. The molecule has 0 saturated carbocycles. The third-order valence-electron chi connectivity index (χ3n) is 2.77. The molecule has 3 heteroatoms. The summed E-state index contributed by atoms with van der Waals surface area (Å²) < 4.78 is 1.12. The molecule has 0 aliphatic rings. The van der Waals surface area contributed by atoms with Crippen molar-refractivity contribution in [2.75, 3.05) is 18.0 Å². The number of hydrogen-bond acceptors (Lipinski definition) is 2. The molecule has 1 rings (SSSR count). The molecule has 0 aliphatic heterocycles. The lowest BCUT2D eigenvalue weighted by atomic mass is 10.1. The van der Waals surface area contributed by atoms with Crippen molar-refractivity contribution in [3.05, 3.63) is 28.2 Å². The molecule has 0 heterocycles. The van der Waals surface area contributed by atoms with Crippen LogP contribution in [0.25, 0.3) is 0 Å². The Morgan fingerprint density at radius 3 is 2.62 bits per heavy atom. The number of hydrogen-bond donors (Lipinski definition) is 1. The van der Waals surface area contributed by atoms with E-state index in [1.54, 1.807) is 0 Å². The van der Waals surface area contributed by atoms with Gasteiger partial charge in [-0.25, -0.2) is 0 Å². The van der Waals surface area contributed by atoms with E-state index in [2.05, 4.69) is 52.9 Å². The van der Waals surface area contributed by atoms with Gasteiger partial charge >= 0.3 is 0 Å². The molecule has 0 atom stereocenters. The van der Waals surface area contributed by atoms with Gasteiger partial charge in [0.2, 0.25) is 0 Å². The zero-order valence-electron chi connectivity index (χ0n) is 10.2. The second-order valence-electron chi connectivity index (χ2n) is 3.91. The highest BCUT2D eigenvalue weighted by atomic mass is 79.9. The van der Waals surface area contributed by atoms with Crippen molar-refractivity contribution in [3.63, 3.8) is 0 Å². The quantitative estimate of drug-likeness (QED) is 0.866. The van der Waals surface area contributed by atoms with Crippen LogP contribution in [0.2, 0.25) is 0 Å². The minimum Gasteiger partial charge on any atom is -0.372 e. The molecular weight excluding hydrogens is 264 g/mol. The number of rotatable bonds is 6. The predicted octanol–water partition coefficient (Wildman–Crippen LogP) is 3.53. The van der Waals surface area contributed by atoms with Gasteiger partial charge in [0.05, 0.1) is 0 Å². The summed E-state index contributed by atoms with van der Waals surface area (Å²) in [6.07, 6.45) is 2.45. The van der Waals surface area contributed by atoms with Crippen LogP contribution in [-0.4, -0.2) is 13.1 Å². The van der Waals surface area contributed by atoms with Crippen LogP contribution >= 0.6 is 15.9 Å². The average molecular weight is 285 g/mol. The lowest BCUT2D eigenvalue weighted by molar-refractivity contribution is 0.728. The molecule has 0 saturated heterocycles. The summed E-state index contributed by atoms with van der Waals surface area (Å²) in [6, 6.07) is 6.33. The van der Waals surface area contributed by atoms with Crippen molar-refractivity contribution in [3.8, 4) is 0 Å². The van der Waals surface area contributed by atoms with Crippen molar-refractivity contribution >= 4 is 21.6 Å². The number of unbranched alkanes of at least 4 members (excludes halogenated alkanes) is 1. The lowest BCUT2D eigenvalue weighted by Gasteiger charge is -2.25. The fourth-order valence-electron chi connectivity index (χ4n) is 1.80. The maximum atomic E-state index is 5.78. The van der Waals surface area contributed by atoms with E-state index in [1.807, 2.05) is 0 Å².